The first-order valence-electron chi connectivity index (χ1n) is 5.41. The zero-order valence-corrected chi connectivity index (χ0v) is 12.9. The fraction of sp³-hybridized carbons (Fsp3) is 0.364. The highest BCUT2D eigenvalue weighted by atomic mass is 35.7. The summed E-state index contributed by atoms with van der Waals surface area (Å²) in [4.78, 5) is 11.3. The summed E-state index contributed by atoms with van der Waals surface area (Å²) in [6.45, 7) is 1.84. The Morgan fingerprint density at radius 2 is 2.10 bits per heavy atom. The number of hydrogen-bond donors (Lipinski definition) is 1. The van der Waals surface area contributed by atoms with E-state index in [4.69, 9.17) is 27.0 Å². The number of rotatable bonds is 5. The van der Waals surface area contributed by atoms with Crippen LogP contribution in [0.25, 0.3) is 0 Å². The Bertz CT molecular complexity index is 621. The van der Waals surface area contributed by atoms with Crippen LogP contribution in [0.3, 0.4) is 0 Å². The zero-order valence-electron chi connectivity index (χ0n) is 10.6. The Hall–Kier alpha value is -0.890. The molecule has 0 aromatic heterocycles. The molecule has 112 valence electrons. The van der Waals surface area contributed by atoms with Gasteiger partial charge in [-0.25, -0.2) is 12.8 Å². The summed E-state index contributed by atoms with van der Waals surface area (Å²) in [7, 11) is 2.44. The number of nitrogens with one attached hydrogen (secondary N) is 1. The quantitative estimate of drug-likeness (QED) is 0.831. The second-order valence-corrected chi connectivity index (χ2v) is 6.90. The third kappa shape index (κ3) is 4.31. The molecule has 0 fully saturated rings. The topological polar surface area (TPSA) is 72.5 Å². The van der Waals surface area contributed by atoms with E-state index in [2.05, 4.69) is 5.32 Å². The van der Waals surface area contributed by atoms with Crippen LogP contribution in [0.15, 0.2) is 17.0 Å². The van der Waals surface area contributed by atoms with Crippen molar-refractivity contribution in [2.24, 2.45) is 0 Å². The molecule has 1 amide bonds. The molecule has 0 radical (unpaired) electrons. The molecule has 0 bridgehead atoms. The highest BCUT2D eigenvalue weighted by molar-refractivity contribution is 8.13. The van der Waals surface area contributed by atoms with Crippen molar-refractivity contribution >= 4 is 37.2 Å². The second-order valence-electron chi connectivity index (χ2n) is 3.96. The van der Waals surface area contributed by atoms with Gasteiger partial charge < -0.3 is 10.1 Å². The molecule has 0 heterocycles. The number of hydrogen-bond acceptors (Lipinski definition) is 4. The van der Waals surface area contributed by atoms with E-state index in [1.165, 1.54) is 7.11 Å². The Balaban J connectivity index is 3.10. The molecular formula is C11H12Cl2FNO4S. The van der Waals surface area contributed by atoms with Crippen molar-refractivity contribution in [2.75, 3.05) is 13.7 Å². The lowest BCUT2D eigenvalue weighted by atomic mass is 10.2. The highest BCUT2D eigenvalue weighted by Crippen LogP contribution is 2.27. The lowest BCUT2D eigenvalue weighted by Crippen LogP contribution is -2.32. The highest BCUT2D eigenvalue weighted by Gasteiger charge is 2.21. The van der Waals surface area contributed by atoms with E-state index in [1.54, 1.807) is 6.92 Å². The largest absolute Gasteiger partial charge is 0.380 e. The van der Waals surface area contributed by atoms with Crippen LogP contribution >= 0.6 is 22.3 Å². The summed E-state index contributed by atoms with van der Waals surface area (Å²) in [6.07, 6.45) is -0.273. The first kappa shape index (κ1) is 17.2. The van der Waals surface area contributed by atoms with Crippen LogP contribution in [0.1, 0.15) is 17.3 Å². The van der Waals surface area contributed by atoms with Gasteiger partial charge in [0.2, 0.25) is 0 Å². The predicted molar refractivity (Wildman–Crippen MR) is 73.3 cm³/mol. The van der Waals surface area contributed by atoms with Crippen molar-refractivity contribution in [3.8, 4) is 0 Å². The van der Waals surface area contributed by atoms with Crippen LogP contribution in [-0.4, -0.2) is 34.1 Å². The van der Waals surface area contributed by atoms with E-state index in [-0.39, 0.29) is 17.7 Å². The minimum Gasteiger partial charge on any atom is -0.380 e. The lowest BCUT2D eigenvalue weighted by Gasteiger charge is -2.12. The standard InChI is InChI=1S/C11H12Cl2FNO4S/c1-6(19-2)5-15-11(16)7-3-10(20(13,17)18)8(12)4-9(7)14/h3-4,6H,5H2,1-2H3,(H,15,16). The minimum atomic E-state index is -4.17. The summed E-state index contributed by atoms with van der Waals surface area (Å²) >= 11 is 5.59. The molecule has 0 spiro atoms. The number of ether oxygens (including phenoxy) is 1. The molecule has 1 rings (SSSR count). The number of carbonyl (C=O) groups excluding carboxylic acids is 1. The zero-order chi connectivity index (χ0) is 15.5. The Morgan fingerprint density at radius 3 is 2.60 bits per heavy atom. The van der Waals surface area contributed by atoms with Gasteiger partial charge in [0, 0.05) is 24.3 Å². The molecule has 1 atom stereocenters. The SMILES string of the molecule is COC(C)CNC(=O)c1cc(S(=O)(=O)Cl)c(Cl)cc1F. The van der Waals surface area contributed by atoms with Crippen molar-refractivity contribution in [1.29, 1.82) is 0 Å². The molecule has 20 heavy (non-hydrogen) atoms. The molecule has 9 heteroatoms. The van der Waals surface area contributed by atoms with Gasteiger partial charge in [0.05, 0.1) is 16.7 Å². The Morgan fingerprint density at radius 1 is 1.50 bits per heavy atom. The van der Waals surface area contributed by atoms with Crippen LogP contribution in [0.2, 0.25) is 5.02 Å². The molecule has 0 aliphatic rings. The monoisotopic (exact) mass is 343 g/mol. The van der Waals surface area contributed by atoms with E-state index >= 15 is 0 Å². The van der Waals surface area contributed by atoms with Crippen molar-refractivity contribution in [1.82, 2.24) is 5.32 Å². The first-order chi connectivity index (χ1) is 9.16. The third-order valence-corrected chi connectivity index (χ3v) is 4.27. The first-order valence-corrected chi connectivity index (χ1v) is 8.10. The number of carbonyl (C=O) groups is 1. The molecule has 0 saturated carbocycles. The molecule has 1 N–H and O–H groups in total. The van der Waals surface area contributed by atoms with Gasteiger partial charge in [-0.1, -0.05) is 11.6 Å². The maximum Gasteiger partial charge on any atom is 0.262 e. The fourth-order valence-corrected chi connectivity index (χ4v) is 2.81. The Labute approximate surface area is 125 Å². The molecule has 1 unspecified atom stereocenters. The van der Waals surface area contributed by atoms with Crippen molar-refractivity contribution < 1.29 is 22.3 Å². The summed E-state index contributed by atoms with van der Waals surface area (Å²) in [6, 6.07) is 1.53. The van der Waals surface area contributed by atoms with Gasteiger partial charge in [-0.2, -0.15) is 0 Å². The van der Waals surface area contributed by atoms with Gasteiger partial charge >= 0.3 is 0 Å². The average Bonchev–Trinajstić information content (AvgIpc) is 2.33. The maximum atomic E-state index is 13.7. The van der Waals surface area contributed by atoms with Crippen LogP contribution < -0.4 is 5.32 Å². The third-order valence-electron chi connectivity index (χ3n) is 2.48. The van der Waals surface area contributed by atoms with Crippen LogP contribution in [0.5, 0.6) is 0 Å². The second kappa shape index (κ2) is 6.71. The van der Waals surface area contributed by atoms with Crippen LogP contribution in [0.4, 0.5) is 4.39 Å². The summed E-state index contributed by atoms with van der Waals surface area (Å²) in [5.41, 5.74) is -0.461. The average molecular weight is 344 g/mol. The molecule has 5 nitrogen and oxygen atoms in total. The number of methoxy groups -OCH3 is 1. The normalized spacial score (nSPS) is 13.1. The fourth-order valence-electron chi connectivity index (χ4n) is 1.30. The summed E-state index contributed by atoms with van der Waals surface area (Å²) < 4.78 is 41.1. The number of halogens is 3. The maximum absolute atomic E-state index is 13.7. The number of benzene rings is 1. The van der Waals surface area contributed by atoms with E-state index < -0.39 is 31.2 Å². The van der Waals surface area contributed by atoms with E-state index in [0.29, 0.717) is 0 Å². The number of amides is 1. The smallest absolute Gasteiger partial charge is 0.262 e. The summed E-state index contributed by atoms with van der Waals surface area (Å²) in [5, 5.41) is 2.01. The van der Waals surface area contributed by atoms with E-state index in [9.17, 15) is 17.6 Å². The van der Waals surface area contributed by atoms with Gasteiger partial charge in [0.1, 0.15) is 10.7 Å². The van der Waals surface area contributed by atoms with Crippen LogP contribution in [-0.2, 0) is 13.8 Å². The van der Waals surface area contributed by atoms with E-state index in [1.807, 2.05) is 0 Å². The lowest BCUT2D eigenvalue weighted by molar-refractivity contribution is 0.0866. The van der Waals surface area contributed by atoms with Gasteiger partial charge in [0.25, 0.3) is 15.0 Å². The molecule has 1 aromatic rings. The van der Waals surface area contributed by atoms with Crippen molar-refractivity contribution in [3.05, 3.63) is 28.5 Å². The Kier molecular flexibility index (Phi) is 5.76. The predicted octanol–water partition coefficient (Wildman–Crippen LogP) is 2.17. The van der Waals surface area contributed by atoms with Crippen molar-refractivity contribution in [2.45, 2.75) is 17.9 Å². The molecule has 1 aromatic carbocycles. The van der Waals surface area contributed by atoms with Gasteiger partial charge in [0.15, 0.2) is 0 Å². The molecular weight excluding hydrogens is 332 g/mol. The van der Waals surface area contributed by atoms with Crippen molar-refractivity contribution in [3.63, 3.8) is 0 Å². The minimum absolute atomic E-state index is 0.139. The van der Waals surface area contributed by atoms with E-state index in [0.717, 1.165) is 12.1 Å². The van der Waals surface area contributed by atoms with Crippen LogP contribution in [0, 0.1) is 5.82 Å². The van der Waals surface area contributed by atoms with Gasteiger partial charge in [-0.15, -0.1) is 0 Å². The summed E-state index contributed by atoms with van der Waals surface area (Å²) in [5.74, 6) is -1.73. The molecule has 0 aliphatic carbocycles. The van der Waals surface area contributed by atoms with Gasteiger partial charge in [-0.3, -0.25) is 4.79 Å². The molecule has 0 saturated heterocycles. The molecule has 0 aliphatic heterocycles. The van der Waals surface area contributed by atoms with Gasteiger partial charge in [-0.05, 0) is 19.1 Å².